The Morgan fingerprint density at radius 2 is 2.05 bits per heavy atom. The van der Waals surface area contributed by atoms with Crippen molar-refractivity contribution in [3.63, 3.8) is 0 Å². The second-order valence-corrected chi connectivity index (χ2v) is 5.99. The standard InChI is InChI=1S/C14H16BrN5/c1-9-10(2)18-19-14(17-9)20-5-3-4-13(20)11-6-12(15)8-16-7-11/h6-8,13H,3-5H2,1-2H3/t13-/m0/s1. The lowest BCUT2D eigenvalue weighted by Gasteiger charge is -2.24. The van der Waals surface area contributed by atoms with Crippen LogP contribution >= 0.6 is 15.9 Å². The molecule has 1 atom stereocenters. The number of pyridine rings is 1. The fourth-order valence-corrected chi connectivity index (χ4v) is 2.91. The molecular formula is C14H16BrN5. The van der Waals surface area contributed by atoms with Crippen molar-refractivity contribution < 1.29 is 0 Å². The largest absolute Gasteiger partial charge is 0.332 e. The lowest BCUT2D eigenvalue weighted by atomic mass is 10.1. The molecule has 0 spiro atoms. The van der Waals surface area contributed by atoms with Gasteiger partial charge in [0.1, 0.15) is 0 Å². The molecule has 5 nitrogen and oxygen atoms in total. The maximum Gasteiger partial charge on any atom is 0.246 e. The summed E-state index contributed by atoms with van der Waals surface area (Å²) in [6.07, 6.45) is 5.95. The molecule has 1 aliphatic rings. The zero-order chi connectivity index (χ0) is 14.1. The maximum atomic E-state index is 4.57. The van der Waals surface area contributed by atoms with Crippen molar-refractivity contribution in [2.45, 2.75) is 32.7 Å². The summed E-state index contributed by atoms with van der Waals surface area (Å²) in [7, 11) is 0. The molecular weight excluding hydrogens is 318 g/mol. The van der Waals surface area contributed by atoms with Gasteiger partial charge in [-0.2, -0.15) is 5.10 Å². The molecule has 0 aromatic carbocycles. The molecule has 0 bridgehead atoms. The molecule has 0 unspecified atom stereocenters. The summed E-state index contributed by atoms with van der Waals surface area (Å²) in [6.45, 7) is 4.86. The summed E-state index contributed by atoms with van der Waals surface area (Å²) in [5, 5.41) is 8.44. The Balaban J connectivity index is 1.94. The van der Waals surface area contributed by atoms with Gasteiger partial charge in [0.05, 0.1) is 17.4 Å². The number of aryl methyl sites for hydroxylation is 2. The van der Waals surface area contributed by atoms with E-state index in [-0.39, 0.29) is 6.04 Å². The van der Waals surface area contributed by atoms with Gasteiger partial charge in [0.25, 0.3) is 0 Å². The number of hydrogen-bond acceptors (Lipinski definition) is 5. The van der Waals surface area contributed by atoms with Crippen LogP contribution in [0.25, 0.3) is 0 Å². The molecule has 3 heterocycles. The number of hydrogen-bond donors (Lipinski definition) is 0. The van der Waals surface area contributed by atoms with Crippen molar-refractivity contribution in [3.8, 4) is 0 Å². The van der Waals surface area contributed by atoms with Crippen LogP contribution < -0.4 is 4.90 Å². The minimum Gasteiger partial charge on any atom is -0.332 e. The van der Waals surface area contributed by atoms with Gasteiger partial charge in [0.15, 0.2) is 0 Å². The van der Waals surface area contributed by atoms with Gasteiger partial charge >= 0.3 is 0 Å². The first-order chi connectivity index (χ1) is 9.65. The van der Waals surface area contributed by atoms with Crippen LogP contribution in [0.4, 0.5) is 5.95 Å². The summed E-state index contributed by atoms with van der Waals surface area (Å²) in [6, 6.07) is 2.40. The first kappa shape index (κ1) is 13.4. The van der Waals surface area contributed by atoms with Crippen molar-refractivity contribution in [2.75, 3.05) is 11.4 Å². The molecule has 104 valence electrons. The van der Waals surface area contributed by atoms with Crippen LogP contribution in [-0.2, 0) is 0 Å². The van der Waals surface area contributed by atoms with Gasteiger partial charge in [-0.3, -0.25) is 4.98 Å². The highest BCUT2D eigenvalue weighted by Gasteiger charge is 2.28. The van der Waals surface area contributed by atoms with Crippen LogP contribution in [-0.4, -0.2) is 26.7 Å². The molecule has 2 aromatic rings. The highest BCUT2D eigenvalue weighted by Crippen LogP contribution is 2.34. The fraction of sp³-hybridized carbons (Fsp3) is 0.429. The Labute approximate surface area is 126 Å². The average molecular weight is 334 g/mol. The van der Waals surface area contributed by atoms with E-state index in [2.05, 4.69) is 47.1 Å². The van der Waals surface area contributed by atoms with E-state index in [1.54, 1.807) is 6.20 Å². The third kappa shape index (κ3) is 2.52. The topological polar surface area (TPSA) is 54.8 Å². The Bertz CT molecular complexity index is 631. The highest BCUT2D eigenvalue weighted by molar-refractivity contribution is 9.10. The lowest BCUT2D eigenvalue weighted by molar-refractivity contribution is 0.685. The van der Waals surface area contributed by atoms with Crippen molar-refractivity contribution >= 4 is 21.9 Å². The zero-order valence-corrected chi connectivity index (χ0v) is 13.1. The molecule has 0 N–H and O–H groups in total. The third-order valence-electron chi connectivity index (χ3n) is 3.70. The molecule has 3 rings (SSSR count). The predicted octanol–water partition coefficient (Wildman–Crippen LogP) is 2.99. The molecule has 1 fully saturated rings. The van der Waals surface area contributed by atoms with Crippen molar-refractivity contribution in [2.24, 2.45) is 0 Å². The first-order valence-electron chi connectivity index (χ1n) is 6.70. The molecule has 0 saturated carbocycles. The van der Waals surface area contributed by atoms with Gasteiger partial charge < -0.3 is 4.90 Å². The van der Waals surface area contributed by atoms with Crippen LogP contribution in [0.1, 0.15) is 35.8 Å². The average Bonchev–Trinajstić information content (AvgIpc) is 2.91. The SMILES string of the molecule is Cc1nnc(N2CCC[C@H]2c2cncc(Br)c2)nc1C. The van der Waals surface area contributed by atoms with E-state index >= 15 is 0 Å². The summed E-state index contributed by atoms with van der Waals surface area (Å²) < 4.78 is 1.00. The van der Waals surface area contributed by atoms with E-state index in [4.69, 9.17) is 0 Å². The molecule has 0 amide bonds. The van der Waals surface area contributed by atoms with E-state index < -0.39 is 0 Å². The normalized spacial score (nSPS) is 18.6. The quantitative estimate of drug-likeness (QED) is 0.845. The van der Waals surface area contributed by atoms with Crippen molar-refractivity contribution in [3.05, 3.63) is 39.9 Å². The van der Waals surface area contributed by atoms with Gasteiger partial charge in [0, 0.05) is 23.4 Å². The summed E-state index contributed by atoms with van der Waals surface area (Å²) >= 11 is 3.48. The van der Waals surface area contributed by atoms with Crippen LogP contribution in [0.2, 0.25) is 0 Å². The van der Waals surface area contributed by atoms with Gasteiger partial charge in [-0.25, -0.2) is 4.98 Å². The second-order valence-electron chi connectivity index (χ2n) is 5.07. The third-order valence-corrected chi connectivity index (χ3v) is 4.13. The minimum absolute atomic E-state index is 0.281. The highest BCUT2D eigenvalue weighted by atomic mass is 79.9. The zero-order valence-electron chi connectivity index (χ0n) is 11.5. The van der Waals surface area contributed by atoms with Crippen LogP contribution in [0, 0.1) is 13.8 Å². The minimum atomic E-state index is 0.281. The lowest BCUT2D eigenvalue weighted by Crippen LogP contribution is -2.25. The van der Waals surface area contributed by atoms with Crippen molar-refractivity contribution in [1.82, 2.24) is 20.2 Å². The molecule has 1 saturated heterocycles. The van der Waals surface area contributed by atoms with Gasteiger partial charge in [-0.15, -0.1) is 5.10 Å². The molecule has 0 radical (unpaired) electrons. The Morgan fingerprint density at radius 3 is 2.80 bits per heavy atom. The Morgan fingerprint density at radius 1 is 1.20 bits per heavy atom. The number of halogens is 1. The van der Waals surface area contributed by atoms with Crippen molar-refractivity contribution in [1.29, 1.82) is 0 Å². The molecule has 2 aromatic heterocycles. The molecule has 0 aliphatic carbocycles. The maximum absolute atomic E-state index is 4.57. The van der Waals surface area contributed by atoms with E-state index in [0.717, 1.165) is 41.2 Å². The van der Waals surface area contributed by atoms with E-state index in [9.17, 15) is 0 Å². The van der Waals surface area contributed by atoms with Crippen LogP contribution in [0.15, 0.2) is 22.9 Å². The molecule has 1 aliphatic heterocycles. The molecule has 6 heteroatoms. The van der Waals surface area contributed by atoms with Gasteiger partial charge in [-0.1, -0.05) is 0 Å². The Kier molecular flexibility index (Phi) is 3.65. The number of rotatable bonds is 2. The number of nitrogens with zero attached hydrogens (tertiary/aromatic N) is 5. The van der Waals surface area contributed by atoms with E-state index in [1.165, 1.54) is 5.56 Å². The second kappa shape index (κ2) is 5.44. The molecule has 20 heavy (non-hydrogen) atoms. The monoisotopic (exact) mass is 333 g/mol. The van der Waals surface area contributed by atoms with Crippen LogP contribution in [0.3, 0.4) is 0 Å². The number of anilines is 1. The van der Waals surface area contributed by atoms with Gasteiger partial charge in [-0.05, 0) is 54.2 Å². The summed E-state index contributed by atoms with van der Waals surface area (Å²) in [5.74, 6) is 0.718. The Hall–Kier alpha value is -1.56. The predicted molar refractivity (Wildman–Crippen MR) is 80.6 cm³/mol. The van der Waals surface area contributed by atoms with E-state index in [0.29, 0.717) is 0 Å². The van der Waals surface area contributed by atoms with Crippen LogP contribution in [0.5, 0.6) is 0 Å². The van der Waals surface area contributed by atoms with E-state index in [1.807, 2.05) is 20.0 Å². The number of aromatic nitrogens is 4. The fourth-order valence-electron chi connectivity index (χ4n) is 2.53. The first-order valence-corrected chi connectivity index (χ1v) is 7.49. The summed E-state index contributed by atoms with van der Waals surface area (Å²) in [5.41, 5.74) is 3.01. The summed E-state index contributed by atoms with van der Waals surface area (Å²) in [4.78, 5) is 11.1. The van der Waals surface area contributed by atoms with Gasteiger partial charge in [0.2, 0.25) is 5.95 Å². The smallest absolute Gasteiger partial charge is 0.246 e.